The molecule has 124 valence electrons. The van der Waals surface area contributed by atoms with Crippen molar-refractivity contribution < 1.29 is 4.79 Å². The van der Waals surface area contributed by atoms with Crippen LogP contribution in [0.2, 0.25) is 9.36 Å². The van der Waals surface area contributed by atoms with E-state index < -0.39 is 0 Å². The summed E-state index contributed by atoms with van der Waals surface area (Å²) in [5.41, 5.74) is 0.216. The van der Waals surface area contributed by atoms with Crippen molar-refractivity contribution in [1.82, 2.24) is 14.9 Å². The van der Waals surface area contributed by atoms with Crippen LogP contribution >= 0.6 is 34.5 Å². The molecular weight excluding hydrogens is 355 g/mol. The molecule has 23 heavy (non-hydrogen) atoms. The molecule has 0 aromatic carbocycles. The van der Waals surface area contributed by atoms with E-state index in [4.69, 9.17) is 23.2 Å². The van der Waals surface area contributed by atoms with Crippen LogP contribution in [0.5, 0.6) is 0 Å². The van der Waals surface area contributed by atoms with Gasteiger partial charge in [0.05, 0.1) is 22.1 Å². The van der Waals surface area contributed by atoms with Gasteiger partial charge in [-0.25, -0.2) is 9.97 Å². The van der Waals surface area contributed by atoms with Crippen molar-refractivity contribution in [2.75, 3.05) is 25.0 Å². The van der Waals surface area contributed by atoms with E-state index in [0.29, 0.717) is 16.8 Å². The summed E-state index contributed by atoms with van der Waals surface area (Å²) >= 11 is 13.5. The van der Waals surface area contributed by atoms with E-state index in [1.807, 2.05) is 30.9 Å². The second-order valence-corrected chi connectivity index (χ2v) is 7.11. The number of carbonyl (C=O) groups is 1. The number of thiophene rings is 1. The maximum absolute atomic E-state index is 12.6. The average molecular weight is 373 g/mol. The van der Waals surface area contributed by atoms with Gasteiger partial charge in [0.15, 0.2) is 5.69 Å². The first-order valence-electron chi connectivity index (χ1n) is 7.23. The SMILES string of the molecule is CCN(CC)c1ncc(Cl)c(C(=O)N(C)Cc2ccc(Cl)s2)n1. The molecule has 0 unspecified atom stereocenters. The lowest BCUT2D eigenvalue weighted by molar-refractivity contribution is 0.0780. The highest BCUT2D eigenvalue weighted by Crippen LogP contribution is 2.24. The molecule has 2 heterocycles. The van der Waals surface area contributed by atoms with E-state index in [1.54, 1.807) is 11.9 Å². The van der Waals surface area contributed by atoms with E-state index in [0.717, 1.165) is 18.0 Å². The highest BCUT2D eigenvalue weighted by atomic mass is 35.5. The van der Waals surface area contributed by atoms with E-state index in [1.165, 1.54) is 17.5 Å². The molecule has 0 aliphatic carbocycles. The number of carbonyl (C=O) groups excluding carboxylic acids is 1. The van der Waals surface area contributed by atoms with Crippen LogP contribution < -0.4 is 4.90 Å². The third kappa shape index (κ3) is 4.34. The first-order valence-corrected chi connectivity index (χ1v) is 8.80. The Bertz CT molecular complexity index is 688. The van der Waals surface area contributed by atoms with Gasteiger partial charge in [-0.1, -0.05) is 23.2 Å². The monoisotopic (exact) mass is 372 g/mol. The molecule has 0 aliphatic heterocycles. The van der Waals surface area contributed by atoms with Gasteiger partial charge in [0, 0.05) is 25.0 Å². The maximum Gasteiger partial charge on any atom is 0.274 e. The van der Waals surface area contributed by atoms with Crippen molar-refractivity contribution in [2.45, 2.75) is 20.4 Å². The molecule has 0 fully saturated rings. The minimum absolute atomic E-state index is 0.216. The van der Waals surface area contributed by atoms with E-state index in [-0.39, 0.29) is 16.6 Å². The predicted molar refractivity (Wildman–Crippen MR) is 95.7 cm³/mol. The second kappa shape index (κ2) is 7.95. The van der Waals surface area contributed by atoms with Crippen LogP contribution in [0, 0.1) is 0 Å². The van der Waals surface area contributed by atoms with E-state index >= 15 is 0 Å². The van der Waals surface area contributed by atoms with Crippen LogP contribution in [0.1, 0.15) is 29.2 Å². The van der Waals surface area contributed by atoms with Crippen molar-refractivity contribution in [1.29, 1.82) is 0 Å². The second-order valence-electron chi connectivity index (χ2n) is 4.91. The highest BCUT2D eigenvalue weighted by Gasteiger charge is 2.20. The van der Waals surface area contributed by atoms with Crippen LogP contribution in [0.4, 0.5) is 5.95 Å². The molecule has 8 heteroatoms. The van der Waals surface area contributed by atoms with Crippen molar-refractivity contribution in [3.63, 3.8) is 0 Å². The third-order valence-corrected chi connectivity index (χ3v) is 4.84. The number of amides is 1. The normalized spacial score (nSPS) is 10.7. The molecule has 2 rings (SSSR count). The molecule has 0 N–H and O–H groups in total. The topological polar surface area (TPSA) is 49.3 Å². The lowest BCUT2D eigenvalue weighted by atomic mass is 10.3. The average Bonchev–Trinajstić information content (AvgIpc) is 2.94. The van der Waals surface area contributed by atoms with Gasteiger partial charge in [-0.2, -0.15) is 0 Å². The summed E-state index contributed by atoms with van der Waals surface area (Å²) in [7, 11) is 1.71. The molecule has 0 bridgehead atoms. The molecule has 0 aliphatic rings. The van der Waals surface area contributed by atoms with Crippen molar-refractivity contribution in [2.24, 2.45) is 0 Å². The zero-order chi connectivity index (χ0) is 17.0. The van der Waals surface area contributed by atoms with Gasteiger partial charge in [0.1, 0.15) is 0 Å². The van der Waals surface area contributed by atoms with Gasteiger partial charge < -0.3 is 9.80 Å². The van der Waals surface area contributed by atoms with Gasteiger partial charge >= 0.3 is 0 Å². The van der Waals surface area contributed by atoms with Gasteiger partial charge in [-0.05, 0) is 26.0 Å². The van der Waals surface area contributed by atoms with Gasteiger partial charge in [-0.15, -0.1) is 11.3 Å². The lowest BCUT2D eigenvalue weighted by Crippen LogP contribution is -2.29. The minimum Gasteiger partial charge on any atom is -0.341 e. The molecule has 0 saturated heterocycles. The van der Waals surface area contributed by atoms with Gasteiger partial charge in [0.2, 0.25) is 5.95 Å². The predicted octanol–water partition coefficient (Wildman–Crippen LogP) is 3.96. The summed E-state index contributed by atoms with van der Waals surface area (Å²) in [5.74, 6) is 0.269. The summed E-state index contributed by atoms with van der Waals surface area (Å²) in [6.45, 7) is 5.99. The van der Waals surface area contributed by atoms with Crippen LogP contribution in [0.15, 0.2) is 18.3 Å². The summed E-state index contributed by atoms with van der Waals surface area (Å²) < 4.78 is 0.699. The molecular formula is C15H18Cl2N4OS. The minimum atomic E-state index is -0.240. The van der Waals surface area contributed by atoms with Crippen molar-refractivity contribution in [3.05, 3.63) is 38.3 Å². The Hall–Kier alpha value is -1.37. The number of anilines is 1. The van der Waals surface area contributed by atoms with Crippen molar-refractivity contribution >= 4 is 46.4 Å². The van der Waals surface area contributed by atoms with Gasteiger partial charge in [-0.3, -0.25) is 4.79 Å². The quantitative estimate of drug-likeness (QED) is 0.769. The summed E-state index contributed by atoms with van der Waals surface area (Å²) in [6.07, 6.45) is 1.48. The fraction of sp³-hybridized carbons (Fsp3) is 0.400. The van der Waals surface area contributed by atoms with Crippen LogP contribution in [-0.2, 0) is 6.54 Å². The van der Waals surface area contributed by atoms with Crippen LogP contribution in [0.3, 0.4) is 0 Å². The number of halogens is 2. The largest absolute Gasteiger partial charge is 0.341 e. The molecule has 0 radical (unpaired) electrons. The fourth-order valence-electron chi connectivity index (χ4n) is 2.09. The Morgan fingerprint density at radius 2 is 1.96 bits per heavy atom. The molecule has 2 aromatic heterocycles. The van der Waals surface area contributed by atoms with Crippen LogP contribution in [0.25, 0.3) is 0 Å². The number of hydrogen-bond donors (Lipinski definition) is 0. The first kappa shape index (κ1) is 18.0. The molecule has 0 spiro atoms. The molecule has 2 aromatic rings. The molecule has 1 amide bonds. The Labute approximate surface area is 149 Å². The first-order chi connectivity index (χ1) is 11.0. The zero-order valence-corrected chi connectivity index (χ0v) is 15.5. The Kier molecular flexibility index (Phi) is 6.21. The van der Waals surface area contributed by atoms with Gasteiger partial charge in [0.25, 0.3) is 5.91 Å². The number of nitrogens with zero attached hydrogens (tertiary/aromatic N) is 4. The van der Waals surface area contributed by atoms with E-state index in [9.17, 15) is 4.79 Å². The number of rotatable bonds is 6. The molecule has 0 atom stereocenters. The van der Waals surface area contributed by atoms with Crippen LogP contribution in [-0.4, -0.2) is 40.9 Å². The Morgan fingerprint density at radius 3 is 2.52 bits per heavy atom. The summed E-state index contributed by atoms with van der Waals surface area (Å²) in [6, 6.07) is 3.72. The number of hydrogen-bond acceptors (Lipinski definition) is 5. The zero-order valence-electron chi connectivity index (χ0n) is 13.2. The fourth-order valence-corrected chi connectivity index (χ4v) is 3.40. The summed E-state index contributed by atoms with van der Waals surface area (Å²) in [5, 5.41) is 0.252. The van der Waals surface area contributed by atoms with E-state index in [2.05, 4.69) is 9.97 Å². The smallest absolute Gasteiger partial charge is 0.274 e. The maximum atomic E-state index is 12.6. The van der Waals surface area contributed by atoms with Crippen molar-refractivity contribution in [3.8, 4) is 0 Å². The highest BCUT2D eigenvalue weighted by molar-refractivity contribution is 7.16. The summed E-state index contributed by atoms with van der Waals surface area (Å²) in [4.78, 5) is 25.7. The number of aromatic nitrogens is 2. The Balaban J connectivity index is 2.21. The Morgan fingerprint density at radius 1 is 1.26 bits per heavy atom. The lowest BCUT2D eigenvalue weighted by Gasteiger charge is -2.20. The molecule has 5 nitrogen and oxygen atoms in total. The third-order valence-electron chi connectivity index (χ3n) is 3.35. The molecule has 0 saturated carbocycles. The standard InChI is InChI=1S/C15H18Cl2N4OS/c1-4-21(5-2)15-18-8-11(16)13(19-15)14(22)20(3)9-10-6-7-12(17)23-10/h6-8H,4-5,9H2,1-3H3.